The molecule has 100 valence electrons. The third-order valence-corrected chi connectivity index (χ3v) is 5.29. The molecule has 2 rings (SSSR count). The van der Waals surface area contributed by atoms with Gasteiger partial charge in [0.1, 0.15) is 0 Å². The fourth-order valence-electron chi connectivity index (χ4n) is 4.35. The lowest BCUT2D eigenvalue weighted by atomic mass is 9.68. The number of ether oxygens (including phenoxy) is 1. The van der Waals surface area contributed by atoms with E-state index in [2.05, 4.69) is 39.9 Å². The molecule has 4 atom stereocenters. The largest absolute Gasteiger partial charge is 0.380 e. The molecule has 0 spiro atoms. The van der Waals surface area contributed by atoms with E-state index in [9.17, 15) is 0 Å². The summed E-state index contributed by atoms with van der Waals surface area (Å²) in [5, 5.41) is 3.85. The van der Waals surface area contributed by atoms with Crippen LogP contribution in [0.3, 0.4) is 0 Å². The minimum atomic E-state index is 0.452. The molecule has 0 amide bonds. The number of nitrogens with one attached hydrogen (secondary N) is 1. The van der Waals surface area contributed by atoms with E-state index in [-0.39, 0.29) is 0 Å². The van der Waals surface area contributed by atoms with Crippen molar-refractivity contribution < 1.29 is 4.74 Å². The smallest absolute Gasteiger partial charge is 0.0616 e. The van der Waals surface area contributed by atoms with Gasteiger partial charge in [0, 0.05) is 18.7 Å². The minimum Gasteiger partial charge on any atom is -0.380 e. The normalized spacial score (nSPS) is 40.8. The minimum absolute atomic E-state index is 0.452. The Morgan fingerprint density at radius 3 is 2.59 bits per heavy atom. The van der Waals surface area contributed by atoms with Gasteiger partial charge in [0.25, 0.3) is 0 Å². The van der Waals surface area contributed by atoms with Gasteiger partial charge in [0.05, 0.1) is 6.61 Å². The zero-order chi connectivity index (χ0) is 12.7. The second kappa shape index (κ2) is 4.55. The highest BCUT2D eigenvalue weighted by Gasteiger charge is 2.59. The van der Waals surface area contributed by atoms with Crippen molar-refractivity contribution in [1.29, 1.82) is 0 Å². The number of fused-ring (bicyclic) bond motifs is 2. The summed E-state index contributed by atoms with van der Waals surface area (Å²) in [6.07, 6.45) is 4.25. The van der Waals surface area contributed by atoms with Gasteiger partial charge >= 0.3 is 0 Å². The van der Waals surface area contributed by atoms with E-state index < -0.39 is 0 Å². The molecule has 2 saturated carbocycles. The highest BCUT2D eigenvalue weighted by atomic mass is 16.5. The van der Waals surface area contributed by atoms with Gasteiger partial charge in [-0.2, -0.15) is 0 Å². The van der Waals surface area contributed by atoms with Crippen molar-refractivity contribution in [2.45, 2.75) is 66.0 Å². The average Bonchev–Trinajstić information content (AvgIpc) is 2.73. The van der Waals surface area contributed by atoms with E-state index >= 15 is 0 Å². The zero-order valence-electron chi connectivity index (χ0n) is 12.2. The first-order chi connectivity index (χ1) is 7.90. The highest BCUT2D eigenvalue weighted by Crippen LogP contribution is 2.62. The van der Waals surface area contributed by atoms with Crippen LogP contribution in [0.25, 0.3) is 0 Å². The molecule has 1 N–H and O–H groups in total. The zero-order valence-corrected chi connectivity index (χ0v) is 12.2. The van der Waals surface area contributed by atoms with E-state index in [4.69, 9.17) is 4.74 Å². The Kier molecular flexibility index (Phi) is 3.57. The average molecular weight is 239 g/mol. The van der Waals surface area contributed by atoms with Crippen LogP contribution in [-0.2, 0) is 4.74 Å². The molecule has 0 saturated heterocycles. The fraction of sp³-hybridized carbons (Fsp3) is 1.00. The summed E-state index contributed by atoms with van der Waals surface area (Å²) in [6.45, 7) is 13.4. The molecular weight excluding hydrogens is 210 g/mol. The molecule has 0 heterocycles. The van der Waals surface area contributed by atoms with Crippen molar-refractivity contribution in [3.8, 4) is 0 Å². The molecule has 2 nitrogen and oxygen atoms in total. The first-order valence-electron chi connectivity index (χ1n) is 7.24. The van der Waals surface area contributed by atoms with E-state index in [1.807, 2.05) is 0 Å². The molecule has 2 aliphatic rings. The van der Waals surface area contributed by atoms with Crippen LogP contribution in [0.1, 0.15) is 53.9 Å². The Labute approximate surface area is 107 Å². The van der Waals surface area contributed by atoms with Gasteiger partial charge in [-0.3, -0.25) is 0 Å². The lowest BCUT2D eigenvalue weighted by Crippen LogP contribution is -2.54. The summed E-state index contributed by atoms with van der Waals surface area (Å²) in [5.41, 5.74) is 0.974. The molecule has 2 aliphatic carbocycles. The van der Waals surface area contributed by atoms with Gasteiger partial charge in [0.2, 0.25) is 0 Å². The van der Waals surface area contributed by atoms with Crippen LogP contribution >= 0.6 is 0 Å². The topological polar surface area (TPSA) is 21.3 Å². The van der Waals surface area contributed by atoms with Gasteiger partial charge in [-0.15, -0.1) is 0 Å². The molecule has 2 unspecified atom stereocenters. The SMILES string of the molecule is CCOCC(C)NC1C(C)(C)[C@H]2CC[C@]1(C)C2. The Morgan fingerprint density at radius 2 is 2.06 bits per heavy atom. The Balaban J connectivity index is 2.00. The summed E-state index contributed by atoms with van der Waals surface area (Å²) in [6, 6.07) is 1.12. The third-order valence-electron chi connectivity index (χ3n) is 5.29. The van der Waals surface area contributed by atoms with Gasteiger partial charge in [-0.1, -0.05) is 20.8 Å². The maximum Gasteiger partial charge on any atom is 0.0616 e. The van der Waals surface area contributed by atoms with Crippen molar-refractivity contribution in [3.63, 3.8) is 0 Å². The Hall–Kier alpha value is -0.0800. The van der Waals surface area contributed by atoms with E-state index in [1.54, 1.807) is 0 Å². The number of hydrogen-bond donors (Lipinski definition) is 1. The van der Waals surface area contributed by atoms with Gasteiger partial charge in [-0.05, 0) is 49.9 Å². The van der Waals surface area contributed by atoms with Crippen molar-refractivity contribution >= 4 is 0 Å². The first kappa shape index (κ1) is 13.4. The molecule has 2 heteroatoms. The quantitative estimate of drug-likeness (QED) is 0.795. The molecule has 0 aliphatic heterocycles. The van der Waals surface area contributed by atoms with Crippen molar-refractivity contribution in [2.24, 2.45) is 16.7 Å². The summed E-state index contributed by atoms with van der Waals surface area (Å²) in [5.74, 6) is 0.921. The van der Waals surface area contributed by atoms with Crippen LogP contribution in [0, 0.1) is 16.7 Å². The highest BCUT2D eigenvalue weighted by molar-refractivity contribution is 5.12. The Bertz CT molecular complexity index is 271. The summed E-state index contributed by atoms with van der Waals surface area (Å²) in [7, 11) is 0. The van der Waals surface area contributed by atoms with Gasteiger partial charge in [-0.25, -0.2) is 0 Å². The molecule has 0 aromatic heterocycles. The van der Waals surface area contributed by atoms with E-state index in [1.165, 1.54) is 19.3 Å². The molecule has 2 fully saturated rings. The summed E-state index contributed by atoms with van der Waals surface area (Å²) in [4.78, 5) is 0. The first-order valence-corrected chi connectivity index (χ1v) is 7.24. The molecule has 0 radical (unpaired) electrons. The van der Waals surface area contributed by atoms with Crippen LogP contribution in [0.15, 0.2) is 0 Å². The molecule has 0 aromatic rings. The van der Waals surface area contributed by atoms with Gasteiger partial charge in [0.15, 0.2) is 0 Å². The number of rotatable bonds is 5. The molecule has 2 bridgehead atoms. The predicted octanol–water partition coefficient (Wildman–Crippen LogP) is 3.22. The van der Waals surface area contributed by atoms with Crippen LogP contribution < -0.4 is 5.32 Å². The fourth-order valence-corrected chi connectivity index (χ4v) is 4.35. The standard InChI is InChI=1S/C15H29NO/c1-6-17-10-11(2)16-13-14(3,4)12-7-8-15(13,5)9-12/h11-13,16H,6-10H2,1-5H3/t11?,12-,13?,15+/m0/s1. The number of hydrogen-bond acceptors (Lipinski definition) is 2. The molecular formula is C15H29NO. The van der Waals surface area contributed by atoms with Crippen LogP contribution in [-0.4, -0.2) is 25.3 Å². The van der Waals surface area contributed by atoms with Crippen molar-refractivity contribution in [2.75, 3.05) is 13.2 Å². The second-order valence-corrected chi connectivity index (χ2v) is 7.08. The van der Waals surface area contributed by atoms with Crippen LogP contribution in [0.4, 0.5) is 0 Å². The van der Waals surface area contributed by atoms with Crippen LogP contribution in [0.2, 0.25) is 0 Å². The monoisotopic (exact) mass is 239 g/mol. The summed E-state index contributed by atoms with van der Waals surface area (Å²) < 4.78 is 5.52. The molecule has 0 aromatic carbocycles. The lowest BCUT2D eigenvalue weighted by molar-refractivity contribution is 0.0713. The predicted molar refractivity (Wildman–Crippen MR) is 72.1 cm³/mol. The Morgan fingerprint density at radius 1 is 1.35 bits per heavy atom. The van der Waals surface area contributed by atoms with E-state index in [0.29, 0.717) is 22.9 Å². The maximum absolute atomic E-state index is 5.52. The lowest BCUT2D eigenvalue weighted by Gasteiger charge is -2.44. The molecule has 17 heavy (non-hydrogen) atoms. The summed E-state index contributed by atoms with van der Waals surface area (Å²) >= 11 is 0. The van der Waals surface area contributed by atoms with E-state index in [0.717, 1.165) is 19.1 Å². The van der Waals surface area contributed by atoms with Gasteiger partial charge < -0.3 is 10.1 Å². The van der Waals surface area contributed by atoms with Crippen molar-refractivity contribution in [3.05, 3.63) is 0 Å². The van der Waals surface area contributed by atoms with Crippen LogP contribution in [0.5, 0.6) is 0 Å². The second-order valence-electron chi connectivity index (χ2n) is 7.08. The third kappa shape index (κ3) is 2.26. The maximum atomic E-state index is 5.52. The van der Waals surface area contributed by atoms with Crippen molar-refractivity contribution in [1.82, 2.24) is 5.32 Å².